The summed E-state index contributed by atoms with van der Waals surface area (Å²) < 4.78 is 31.8. The lowest BCUT2D eigenvalue weighted by molar-refractivity contribution is 0.195. The van der Waals surface area contributed by atoms with Crippen molar-refractivity contribution in [3.05, 3.63) is 60.0 Å². The fraction of sp³-hybridized carbons (Fsp3) is 0.333. The van der Waals surface area contributed by atoms with Crippen LogP contribution < -0.4 is 0 Å². The van der Waals surface area contributed by atoms with Crippen LogP contribution in [0.15, 0.2) is 41.3 Å². The number of nitrogens with zero attached hydrogens (tertiary/aromatic N) is 3. The lowest BCUT2D eigenvalue weighted by atomic mass is 9.97. The highest BCUT2D eigenvalue weighted by molar-refractivity contribution is 5.53. The topological polar surface area (TPSA) is 58.0 Å². The summed E-state index contributed by atoms with van der Waals surface area (Å²) >= 11 is 0. The molecule has 1 aliphatic heterocycles. The Bertz CT molecular complexity index is 847. The molecule has 0 amide bonds. The number of nitrogens with one attached hydrogen (secondary N) is 1. The summed E-state index contributed by atoms with van der Waals surface area (Å²) in [7, 11) is 0. The smallest absolute Gasteiger partial charge is 0.226 e. The number of likely N-dealkylation sites (tertiary alicyclic amines) is 1. The van der Waals surface area contributed by atoms with E-state index in [-0.39, 0.29) is 0 Å². The van der Waals surface area contributed by atoms with Crippen molar-refractivity contribution in [2.75, 3.05) is 13.1 Å². The van der Waals surface area contributed by atoms with Crippen LogP contribution in [-0.4, -0.2) is 32.9 Å². The zero-order valence-electron chi connectivity index (χ0n) is 13.6. The molecule has 1 unspecified atom stereocenters. The molecule has 1 atom stereocenters. The van der Waals surface area contributed by atoms with Crippen LogP contribution in [0.1, 0.15) is 30.3 Å². The van der Waals surface area contributed by atoms with Crippen LogP contribution >= 0.6 is 0 Å². The number of hydrogen-bond acceptors (Lipinski definition) is 4. The molecule has 1 fully saturated rings. The number of rotatable bonds is 4. The summed E-state index contributed by atoms with van der Waals surface area (Å²) in [6.45, 7) is 2.55. The van der Waals surface area contributed by atoms with Crippen LogP contribution in [0.25, 0.3) is 11.5 Å². The first-order chi connectivity index (χ1) is 12.2. The minimum absolute atomic E-state index is 0.300. The van der Waals surface area contributed by atoms with E-state index in [9.17, 15) is 8.78 Å². The number of hydrogen-bond donors (Lipinski definition) is 1. The Morgan fingerprint density at radius 2 is 2.20 bits per heavy atom. The van der Waals surface area contributed by atoms with Crippen molar-refractivity contribution >= 4 is 0 Å². The molecule has 0 aliphatic carbocycles. The Morgan fingerprint density at radius 3 is 3.00 bits per heavy atom. The summed E-state index contributed by atoms with van der Waals surface area (Å²) in [6, 6.07) is 3.63. The second-order valence-corrected chi connectivity index (χ2v) is 6.32. The third-order valence-corrected chi connectivity index (χ3v) is 4.52. The van der Waals surface area contributed by atoms with Crippen LogP contribution in [0.3, 0.4) is 0 Å². The SMILES string of the molecule is Fc1ccc(-c2nc(CN3CCCC(c4ncc[nH]4)C3)co2)cc1F. The fourth-order valence-corrected chi connectivity index (χ4v) is 3.29. The Labute approximate surface area is 143 Å². The molecular weight excluding hydrogens is 326 g/mol. The first kappa shape index (κ1) is 16.0. The second kappa shape index (κ2) is 6.76. The standard InChI is InChI=1S/C18H18F2N4O/c19-15-4-3-12(8-16(15)20)18-23-14(11-25-18)10-24-7-1-2-13(9-24)17-21-5-6-22-17/h3-6,8,11,13H,1-2,7,9-10H2,(H,21,22). The minimum atomic E-state index is -0.908. The van der Waals surface area contributed by atoms with E-state index in [0.29, 0.717) is 23.9 Å². The predicted octanol–water partition coefficient (Wildman–Crippen LogP) is 3.72. The van der Waals surface area contributed by atoms with Gasteiger partial charge in [-0.15, -0.1) is 0 Å². The summed E-state index contributed by atoms with van der Waals surface area (Å²) in [5, 5.41) is 0. The van der Waals surface area contributed by atoms with Crippen LogP contribution in [0.4, 0.5) is 8.78 Å². The van der Waals surface area contributed by atoms with Crippen molar-refractivity contribution < 1.29 is 13.2 Å². The molecule has 0 bridgehead atoms. The third-order valence-electron chi connectivity index (χ3n) is 4.52. The molecule has 5 nitrogen and oxygen atoms in total. The van der Waals surface area contributed by atoms with Crippen LogP contribution in [-0.2, 0) is 6.54 Å². The third kappa shape index (κ3) is 3.46. The first-order valence-electron chi connectivity index (χ1n) is 8.30. The van der Waals surface area contributed by atoms with Crippen molar-refractivity contribution in [2.45, 2.75) is 25.3 Å². The van der Waals surface area contributed by atoms with Gasteiger partial charge in [0.05, 0.1) is 5.69 Å². The normalized spacial score (nSPS) is 18.6. The molecule has 1 aliphatic rings. The van der Waals surface area contributed by atoms with Gasteiger partial charge in [-0.2, -0.15) is 0 Å². The molecule has 4 rings (SSSR count). The van der Waals surface area contributed by atoms with Gasteiger partial charge in [-0.25, -0.2) is 18.7 Å². The molecule has 3 heterocycles. The molecule has 1 N–H and O–H groups in total. The predicted molar refractivity (Wildman–Crippen MR) is 87.7 cm³/mol. The number of imidazole rings is 1. The van der Waals surface area contributed by atoms with Gasteiger partial charge in [0, 0.05) is 37.0 Å². The van der Waals surface area contributed by atoms with E-state index in [1.165, 1.54) is 6.07 Å². The van der Waals surface area contributed by atoms with Crippen LogP contribution in [0.2, 0.25) is 0 Å². The lowest BCUT2D eigenvalue weighted by Gasteiger charge is -2.31. The van der Waals surface area contributed by atoms with Crippen LogP contribution in [0, 0.1) is 11.6 Å². The maximum Gasteiger partial charge on any atom is 0.226 e. The van der Waals surface area contributed by atoms with Crippen molar-refractivity contribution in [3.63, 3.8) is 0 Å². The summed E-state index contributed by atoms with van der Waals surface area (Å²) in [5.41, 5.74) is 1.21. The van der Waals surface area contributed by atoms with E-state index in [2.05, 4.69) is 19.9 Å². The molecule has 0 spiro atoms. The van der Waals surface area contributed by atoms with E-state index in [4.69, 9.17) is 4.42 Å². The monoisotopic (exact) mass is 344 g/mol. The molecule has 130 valence electrons. The van der Waals surface area contributed by atoms with Gasteiger partial charge in [-0.05, 0) is 37.6 Å². The number of halogens is 2. The Hall–Kier alpha value is -2.54. The zero-order valence-corrected chi connectivity index (χ0v) is 13.6. The number of benzene rings is 1. The number of piperidine rings is 1. The fourth-order valence-electron chi connectivity index (χ4n) is 3.29. The summed E-state index contributed by atoms with van der Waals surface area (Å²) in [5.74, 6) is -0.0791. The number of oxazole rings is 1. The highest BCUT2D eigenvalue weighted by Crippen LogP contribution is 2.26. The van der Waals surface area contributed by atoms with E-state index in [1.54, 1.807) is 12.5 Å². The molecule has 0 radical (unpaired) electrons. The first-order valence-corrected chi connectivity index (χ1v) is 8.30. The van der Waals surface area contributed by atoms with Gasteiger partial charge in [-0.3, -0.25) is 4.90 Å². The molecule has 2 aromatic heterocycles. The Morgan fingerprint density at radius 1 is 1.28 bits per heavy atom. The minimum Gasteiger partial charge on any atom is -0.444 e. The van der Waals surface area contributed by atoms with E-state index in [0.717, 1.165) is 49.6 Å². The van der Waals surface area contributed by atoms with Gasteiger partial charge in [0.1, 0.15) is 12.1 Å². The van der Waals surface area contributed by atoms with E-state index in [1.807, 2.05) is 6.20 Å². The Balaban J connectivity index is 1.44. The number of aromatic nitrogens is 3. The molecule has 1 saturated heterocycles. The average molecular weight is 344 g/mol. The molecular formula is C18H18F2N4O. The Kier molecular flexibility index (Phi) is 4.31. The summed E-state index contributed by atoms with van der Waals surface area (Å²) in [4.78, 5) is 14.3. The quantitative estimate of drug-likeness (QED) is 0.784. The van der Waals surface area contributed by atoms with Crippen molar-refractivity contribution in [3.8, 4) is 11.5 Å². The zero-order chi connectivity index (χ0) is 17.2. The summed E-state index contributed by atoms with van der Waals surface area (Å²) in [6.07, 6.45) is 7.41. The van der Waals surface area contributed by atoms with Crippen LogP contribution in [0.5, 0.6) is 0 Å². The number of aromatic amines is 1. The van der Waals surface area contributed by atoms with E-state index < -0.39 is 11.6 Å². The maximum atomic E-state index is 13.4. The van der Waals surface area contributed by atoms with Gasteiger partial charge >= 0.3 is 0 Å². The van der Waals surface area contributed by atoms with Crippen molar-refractivity contribution in [1.82, 2.24) is 19.9 Å². The van der Waals surface area contributed by atoms with Gasteiger partial charge in [0.15, 0.2) is 11.6 Å². The van der Waals surface area contributed by atoms with Gasteiger partial charge in [-0.1, -0.05) is 0 Å². The highest BCUT2D eigenvalue weighted by atomic mass is 19.2. The van der Waals surface area contributed by atoms with E-state index >= 15 is 0 Å². The number of H-pyrrole nitrogens is 1. The van der Waals surface area contributed by atoms with Gasteiger partial charge in [0.25, 0.3) is 0 Å². The van der Waals surface area contributed by atoms with Gasteiger partial charge in [0.2, 0.25) is 5.89 Å². The van der Waals surface area contributed by atoms with Crippen molar-refractivity contribution in [1.29, 1.82) is 0 Å². The molecule has 7 heteroatoms. The second-order valence-electron chi connectivity index (χ2n) is 6.32. The lowest BCUT2D eigenvalue weighted by Crippen LogP contribution is -2.34. The van der Waals surface area contributed by atoms with Crippen molar-refractivity contribution in [2.24, 2.45) is 0 Å². The molecule has 3 aromatic rings. The highest BCUT2D eigenvalue weighted by Gasteiger charge is 2.23. The molecule has 25 heavy (non-hydrogen) atoms. The molecule has 1 aromatic carbocycles. The maximum absolute atomic E-state index is 13.4. The van der Waals surface area contributed by atoms with Gasteiger partial charge < -0.3 is 9.40 Å². The largest absolute Gasteiger partial charge is 0.444 e. The molecule has 0 saturated carbocycles. The average Bonchev–Trinajstić information content (AvgIpc) is 3.29.